The molecule has 1 saturated carbocycles. The summed E-state index contributed by atoms with van der Waals surface area (Å²) in [5, 5.41) is 19.2. The molecule has 82 valence electrons. The maximum Gasteiger partial charge on any atom is 0.312 e. The first kappa shape index (κ1) is 10.9. The zero-order chi connectivity index (χ0) is 11.1. The molecule has 1 aromatic rings. The molecule has 1 fully saturated rings. The monoisotopic (exact) mass is 246 g/mol. The number of aliphatic hydroxyl groups is 1. The number of rotatable bonds is 3. The largest absolute Gasteiger partial charge is 0.481 e. The summed E-state index contributed by atoms with van der Waals surface area (Å²) in [6, 6.07) is 3.37. The van der Waals surface area contributed by atoms with Gasteiger partial charge in [-0.2, -0.15) is 0 Å². The van der Waals surface area contributed by atoms with E-state index in [9.17, 15) is 9.90 Å². The second-order valence-electron chi connectivity index (χ2n) is 3.86. The lowest BCUT2D eigenvalue weighted by Gasteiger charge is -2.41. The SMILES string of the molecule is O=C(O)C1(C(O)c2ccc(Cl)s2)CCC1. The topological polar surface area (TPSA) is 57.5 Å². The Kier molecular flexibility index (Phi) is 2.75. The number of hydrogen-bond acceptors (Lipinski definition) is 3. The lowest BCUT2D eigenvalue weighted by molar-refractivity contribution is -0.165. The smallest absolute Gasteiger partial charge is 0.312 e. The van der Waals surface area contributed by atoms with Gasteiger partial charge in [0.05, 0.1) is 9.75 Å². The van der Waals surface area contributed by atoms with E-state index in [0.717, 1.165) is 6.42 Å². The average Bonchev–Trinajstić information content (AvgIpc) is 2.48. The van der Waals surface area contributed by atoms with Crippen molar-refractivity contribution in [3.05, 3.63) is 21.3 Å². The van der Waals surface area contributed by atoms with Crippen molar-refractivity contribution in [3.8, 4) is 0 Å². The fraction of sp³-hybridized carbons (Fsp3) is 0.500. The number of carboxylic acids is 1. The van der Waals surface area contributed by atoms with Gasteiger partial charge in [0.1, 0.15) is 6.10 Å². The molecule has 1 atom stereocenters. The van der Waals surface area contributed by atoms with E-state index in [1.54, 1.807) is 12.1 Å². The zero-order valence-electron chi connectivity index (χ0n) is 7.94. The molecule has 0 aromatic carbocycles. The van der Waals surface area contributed by atoms with Gasteiger partial charge in [0.2, 0.25) is 0 Å². The van der Waals surface area contributed by atoms with E-state index in [-0.39, 0.29) is 0 Å². The Morgan fingerprint density at radius 2 is 2.20 bits per heavy atom. The zero-order valence-corrected chi connectivity index (χ0v) is 9.51. The molecule has 0 spiro atoms. The predicted octanol–water partition coefficient (Wildman–Crippen LogP) is 2.69. The van der Waals surface area contributed by atoms with Crippen LogP contribution in [-0.2, 0) is 4.79 Å². The van der Waals surface area contributed by atoms with Crippen LogP contribution in [-0.4, -0.2) is 16.2 Å². The minimum atomic E-state index is -0.978. The van der Waals surface area contributed by atoms with E-state index in [0.29, 0.717) is 22.1 Å². The second-order valence-corrected chi connectivity index (χ2v) is 5.61. The van der Waals surface area contributed by atoms with Crippen molar-refractivity contribution in [2.75, 3.05) is 0 Å². The number of aliphatic carboxylic acids is 1. The first-order chi connectivity index (χ1) is 7.06. The second kappa shape index (κ2) is 3.77. The average molecular weight is 247 g/mol. The van der Waals surface area contributed by atoms with Crippen molar-refractivity contribution < 1.29 is 15.0 Å². The van der Waals surface area contributed by atoms with Crippen LogP contribution >= 0.6 is 22.9 Å². The van der Waals surface area contributed by atoms with Gasteiger partial charge in [-0.25, -0.2) is 0 Å². The third kappa shape index (κ3) is 1.67. The highest BCUT2D eigenvalue weighted by Gasteiger charge is 2.51. The Labute approximate surface area is 96.3 Å². The Morgan fingerprint density at radius 3 is 2.53 bits per heavy atom. The third-order valence-corrected chi connectivity index (χ3v) is 4.34. The molecule has 15 heavy (non-hydrogen) atoms. The molecule has 2 rings (SSSR count). The van der Waals surface area contributed by atoms with Gasteiger partial charge in [0.15, 0.2) is 0 Å². The Morgan fingerprint density at radius 1 is 1.53 bits per heavy atom. The molecule has 1 aliphatic carbocycles. The standard InChI is InChI=1S/C10H11ClO3S/c11-7-3-2-6(15-7)8(12)10(9(13)14)4-1-5-10/h2-3,8,12H,1,4-5H2,(H,13,14). The van der Waals surface area contributed by atoms with Gasteiger partial charge in [0, 0.05) is 4.88 Å². The van der Waals surface area contributed by atoms with Crippen molar-refractivity contribution in [3.63, 3.8) is 0 Å². The van der Waals surface area contributed by atoms with Gasteiger partial charge in [-0.05, 0) is 25.0 Å². The van der Waals surface area contributed by atoms with Crippen molar-refractivity contribution in [1.29, 1.82) is 0 Å². The number of aliphatic hydroxyl groups excluding tert-OH is 1. The van der Waals surface area contributed by atoms with Crippen molar-refractivity contribution in [2.24, 2.45) is 5.41 Å². The van der Waals surface area contributed by atoms with Gasteiger partial charge in [-0.3, -0.25) is 4.79 Å². The number of thiophene rings is 1. The van der Waals surface area contributed by atoms with Crippen LogP contribution in [0, 0.1) is 5.41 Å². The molecule has 0 aliphatic heterocycles. The Bertz CT molecular complexity index is 384. The minimum absolute atomic E-state index is 0.541. The minimum Gasteiger partial charge on any atom is -0.481 e. The summed E-state index contributed by atoms with van der Waals surface area (Å²) in [4.78, 5) is 11.8. The van der Waals surface area contributed by atoms with E-state index >= 15 is 0 Å². The molecule has 0 bridgehead atoms. The van der Waals surface area contributed by atoms with Gasteiger partial charge in [-0.1, -0.05) is 18.0 Å². The van der Waals surface area contributed by atoms with E-state index in [1.165, 1.54) is 11.3 Å². The highest BCUT2D eigenvalue weighted by atomic mass is 35.5. The van der Waals surface area contributed by atoms with Gasteiger partial charge < -0.3 is 10.2 Å². The first-order valence-corrected chi connectivity index (χ1v) is 5.92. The molecule has 5 heteroatoms. The van der Waals surface area contributed by atoms with Crippen LogP contribution in [0.2, 0.25) is 4.34 Å². The molecule has 0 radical (unpaired) electrons. The Hall–Kier alpha value is -0.580. The maximum absolute atomic E-state index is 11.1. The molecule has 1 unspecified atom stereocenters. The summed E-state index contributed by atoms with van der Waals surface area (Å²) in [6.45, 7) is 0. The third-order valence-electron chi connectivity index (χ3n) is 3.06. The summed E-state index contributed by atoms with van der Waals surface area (Å²) < 4.78 is 0.573. The number of carbonyl (C=O) groups is 1. The molecule has 0 amide bonds. The first-order valence-electron chi connectivity index (χ1n) is 4.73. The van der Waals surface area contributed by atoms with Crippen LogP contribution in [0.4, 0.5) is 0 Å². The Balaban J connectivity index is 2.26. The van der Waals surface area contributed by atoms with E-state index in [4.69, 9.17) is 16.7 Å². The molecule has 3 nitrogen and oxygen atoms in total. The summed E-state index contributed by atoms with van der Waals surface area (Å²) in [6.07, 6.45) is 1.02. The molecular formula is C10H11ClO3S. The predicted molar refractivity (Wildman–Crippen MR) is 58.2 cm³/mol. The molecule has 1 aliphatic rings. The lowest BCUT2D eigenvalue weighted by atomic mass is 9.65. The van der Waals surface area contributed by atoms with Gasteiger partial charge in [-0.15, -0.1) is 11.3 Å². The summed E-state index contributed by atoms with van der Waals surface area (Å²) >= 11 is 7.00. The normalized spacial score (nSPS) is 20.7. The van der Waals surface area contributed by atoms with Crippen molar-refractivity contribution >= 4 is 28.9 Å². The van der Waals surface area contributed by atoms with Crippen LogP contribution in [0.5, 0.6) is 0 Å². The molecule has 1 heterocycles. The van der Waals surface area contributed by atoms with Crippen molar-refractivity contribution in [2.45, 2.75) is 25.4 Å². The summed E-state index contributed by atoms with van der Waals surface area (Å²) in [5.41, 5.74) is -0.978. The summed E-state index contributed by atoms with van der Waals surface area (Å²) in [7, 11) is 0. The van der Waals surface area contributed by atoms with Crippen LogP contribution in [0.25, 0.3) is 0 Å². The highest BCUT2D eigenvalue weighted by molar-refractivity contribution is 7.16. The number of hydrogen-bond donors (Lipinski definition) is 2. The van der Waals surface area contributed by atoms with Crippen LogP contribution < -0.4 is 0 Å². The van der Waals surface area contributed by atoms with Crippen molar-refractivity contribution in [1.82, 2.24) is 0 Å². The van der Waals surface area contributed by atoms with E-state index in [2.05, 4.69) is 0 Å². The quantitative estimate of drug-likeness (QED) is 0.862. The van der Waals surface area contributed by atoms with Gasteiger partial charge in [0.25, 0.3) is 0 Å². The number of carboxylic acid groups (broad SMARTS) is 1. The van der Waals surface area contributed by atoms with E-state index < -0.39 is 17.5 Å². The van der Waals surface area contributed by atoms with E-state index in [1.807, 2.05) is 0 Å². The fourth-order valence-electron chi connectivity index (χ4n) is 1.91. The van der Waals surface area contributed by atoms with Gasteiger partial charge >= 0.3 is 5.97 Å². The summed E-state index contributed by atoms with van der Waals surface area (Å²) in [5.74, 6) is -0.911. The van der Waals surface area contributed by atoms with Crippen LogP contribution in [0.3, 0.4) is 0 Å². The molecule has 2 N–H and O–H groups in total. The molecular weight excluding hydrogens is 236 g/mol. The molecule has 0 saturated heterocycles. The maximum atomic E-state index is 11.1. The number of halogens is 1. The van der Waals surface area contributed by atoms with Crippen LogP contribution in [0.15, 0.2) is 12.1 Å². The highest BCUT2D eigenvalue weighted by Crippen LogP contribution is 2.51. The molecule has 1 aromatic heterocycles. The lowest BCUT2D eigenvalue weighted by Crippen LogP contribution is -2.43. The van der Waals surface area contributed by atoms with Crippen LogP contribution in [0.1, 0.15) is 30.2 Å². The fourth-order valence-corrected chi connectivity index (χ4v) is 3.07.